The van der Waals surface area contributed by atoms with Crippen molar-refractivity contribution in [2.75, 3.05) is 7.11 Å². The molecule has 1 fully saturated rings. The van der Waals surface area contributed by atoms with Crippen LogP contribution in [0.1, 0.15) is 43.7 Å². The third-order valence-electron chi connectivity index (χ3n) is 6.09. The van der Waals surface area contributed by atoms with Crippen molar-refractivity contribution in [2.24, 2.45) is 5.41 Å². The summed E-state index contributed by atoms with van der Waals surface area (Å²) in [6.07, 6.45) is 7.46. The van der Waals surface area contributed by atoms with E-state index in [0.29, 0.717) is 5.78 Å². The first-order valence-corrected chi connectivity index (χ1v) is 7.55. The lowest BCUT2D eigenvalue weighted by Crippen LogP contribution is -2.47. The number of fused-ring (bicyclic) bond motifs is 1. The highest BCUT2D eigenvalue weighted by Gasteiger charge is 2.64. The van der Waals surface area contributed by atoms with Crippen molar-refractivity contribution in [1.82, 2.24) is 0 Å². The zero-order valence-electron chi connectivity index (χ0n) is 12.2. The van der Waals surface area contributed by atoms with Gasteiger partial charge in [-0.1, -0.05) is 18.1 Å². The lowest BCUT2D eigenvalue weighted by Gasteiger charge is -2.46. The zero-order chi connectivity index (χ0) is 14.0. The third-order valence-corrected chi connectivity index (χ3v) is 6.09. The largest absolute Gasteiger partial charge is 0.497 e. The minimum atomic E-state index is -0.253. The number of carbonyl (C=O) groups is 1. The number of hydrogen-bond donors (Lipinski definition) is 0. The number of ketones is 1. The van der Waals surface area contributed by atoms with Crippen LogP contribution in [0.25, 0.3) is 0 Å². The summed E-state index contributed by atoms with van der Waals surface area (Å²) >= 11 is 0. The van der Waals surface area contributed by atoms with Gasteiger partial charge in [0.2, 0.25) is 0 Å². The minimum Gasteiger partial charge on any atom is -0.497 e. The van der Waals surface area contributed by atoms with Gasteiger partial charge in [0.05, 0.1) is 12.5 Å². The van der Waals surface area contributed by atoms with E-state index >= 15 is 0 Å². The molecular formula is C18H20O2. The molecule has 1 saturated carbocycles. The molecule has 2 atom stereocenters. The predicted molar refractivity (Wildman–Crippen MR) is 78.0 cm³/mol. The number of hydrogen-bond acceptors (Lipinski definition) is 2. The minimum absolute atomic E-state index is 0.117. The van der Waals surface area contributed by atoms with Crippen LogP contribution in [0.4, 0.5) is 0 Å². The Kier molecular flexibility index (Phi) is 2.28. The maximum absolute atomic E-state index is 12.8. The Morgan fingerprint density at radius 1 is 1.20 bits per heavy atom. The SMILES string of the molecule is COc1ccc2c(c1)CCC13CCCC21C(=O)C=C3C. The third kappa shape index (κ3) is 1.15. The molecule has 2 heteroatoms. The van der Waals surface area contributed by atoms with Crippen molar-refractivity contribution in [1.29, 1.82) is 0 Å². The summed E-state index contributed by atoms with van der Waals surface area (Å²) in [6.45, 7) is 2.17. The Balaban J connectivity index is 1.97. The highest BCUT2D eigenvalue weighted by Crippen LogP contribution is 2.66. The van der Waals surface area contributed by atoms with Gasteiger partial charge in [0.15, 0.2) is 5.78 Å². The standard InChI is InChI=1S/C18H20O2/c1-12-10-16(19)18-8-3-7-17(12,18)9-6-13-11-14(20-2)4-5-15(13)18/h4-5,10-11H,3,6-9H2,1-2H3. The molecule has 1 aromatic rings. The monoisotopic (exact) mass is 268 g/mol. The van der Waals surface area contributed by atoms with E-state index in [-0.39, 0.29) is 10.8 Å². The summed E-state index contributed by atoms with van der Waals surface area (Å²) in [5.74, 6) is 1.25. The fourth-order valence-corrected chi connectivity index (χ4v) is 5.19. The Morgan fingerprint density at radius 2 is 2.05 bits per heavy atom. The first-order chi connectivity index (χ1) is 9.64. The molecule has 104 valence electrons. The molecule has 0 bridgehead atoms. The van der Waals surface area contributed by atoms with Gasteiger partial charge >= 0.3 is 0 Å². The number of rotatable bonds is 1. The van der Waals surface area contributed by atoms with Gasteiger partial charge in [-0.3, -0.25) is 4.79 Å². The van der Waals surface area contributed by atoms with Crippen LogP contribution in [0, 0.1) is 5.41 Å². The number of allylic oxidation sites excluding steroid dienone is 2. The summed E-state index contributed by atoms with van der Waals surface area (Å²) in [6, 6.07) is 6.30. The van der Waals surface area contributed by atoms with Crippen LogP contribution in [0.3, 0.4) is 0 Å². The lowest BCUT2D eigenvalue weighted by molar-refractivity contribution is -0.121. The summed E-state index contributed by atoms with van der Waals surface area (Å²) in [5.41, 5.74) is 3.78. The van der Waals surface area contributed by atoms with E-state index in [1.165, 1.54) is 29.5 Å². The molecule has 20 heavy (non-hydrogen) atoms. The van der Waals surface area contributed by atoms with Gasteiger partial charge in [-0.25, -0.2) is 0 Å². The van der Waals surface area contributed by atoms with Gasteiger partial charge in [-0.05, 0) is 61.9 Å². The highest BCUT2D eigenvalue weighted by atomic mass is 16.5. The lowest BCUT2D eigenvalue weighted by atomic mass is 9.55. The summed E-state index contributed by atoms with van der Waals surface area (Å²) < 4.78 is 5.35. The fourth-order valence-electron chi connectivity index (χ4n) is 5.19. The molecule has 3 aliphatic rings. The average molecular weight is 268 g/mol. The second-order valence-corrected chi connectivity index (χ2v) is 6.56. The van der Waals surface area contributed by atoms with Crippen LogP contribution in [0.2, 0.25) is 0 Å². The van der Waals surface area contributed by atoms with Crippen LogP contribution < -0.4 is 4.74 Å². The fraction of sp³-hybridized carbons (Fsp3) is 0.500. The highest BCUT2D eigenvalue weighted by molar-refractivity contribution is 6.05. The average Bonchev–Trinajstić information content (AvgIpc) is 2.96. The van der Waals surface area contributed by atoms with E-state index in [9.17, 15) is 4.79 Å². The van der Waals surface area contributed by atoms with Gasteiger partial charge in [0.1, 0.15) is 5.75 Å². The van der Waals surface area contributed by atoms with Gasteiger partial charge in [0, 0.05) is 5.41 Å². The van der Waals surface area contributed by atoms with Gasteiger partial charge < -0.3 is 4.74 Å². The van der Waals surface area contributed by atoms with Crippen molar-refractivity contribution in [2.45, 2.75) is 44.4 Å². The van der Waals surface area contributed by atoms with Crippen LogP contribution in [-0.2, 0) is 16.6 Å². The number of carbonyl (C=O) groups excluding carboxylic acids is 1. The molecule has 2 unspecified atom stereocenters. The van der Waals surface area contributed by atoms with Gasteiger partial charge in [-0.2, -0.15) is 0 Å². The number of aryl methyl sites for hydroxylation is 1. The maximum atomic E-state index is 12.8. The molecule has 0 aliphatic heterocycles. The molecule has 3 aliphatic carbocycles. The van der Waals surface area contributed by atoms with Gasteiger partial charge in [-0.15, -0.1) is 0 Å². The Bertz CT molecular complexity index is 643. The quantitative estimate of drug-likeness (QED) is 0.778. The summed E-state index contributed by atoms with van der Waals surface area (Å²) in [4.78, 5) is 12.8. The summed E-state index contributed by atoms with van der Waals surface area (Å²) in [5, 5.41) is 0. The normalized spacial score (nSPS) is 34.3. The van der Waals surface area contributed by atoms with Crippen LogP contribution >= 0.6 is 0 Å². The van der Waals surface area contributed by atoms with E-state index in [0.717, 1.165) is 25.0 Å². The maximum Gasteiger partial charge on any atom is 0.167 e. The second kappa shape index (κ2) is 3.75. The molecule has 2 nitrogen and oxygen atoms in total. The van der Waals surface area contributed by atoms with Crippen molar-refractivity contribution in [3.05, 3.63) is 41.0 Å². The van der Waals surface area contributed by atoms with E-state index in [4.69, 9.17) is 4.74 Å². The molecule has 1 aromatic carbocycles. The first kappa shape index (κ1) is 12.2. The van der Waals surface area contributed by atoms with Crippen LogP contribution in [-0.4, -0.2) is 12.9 Å². The molecule has 4 rings (SSSR count). The van der Waals surface area contributed by atoms with Gasteiger partial charge in [0.25, 0.3) is 0 Å². The smallest absolute Gasteiger partial charge is 0.167 e. The van der Waals surface area contributed by atoms with E-state index < -0.39 is 0 Å². The van der Waals surface area contributed by atoms with Crippen molar-refractivity contribution in [3.8, 4) is 5.75 Å². The Morgan fingerprint density at radius 3 is 2.85 bits per heavy atom. The van der Waals surface area contributed by atoms with Crippen molar-refractivity contribution in [3.63, 3.8) is 0 Å². The number of methoxy groups -OCH3 is 1. The van der Waals surface area contributed by atoms with Crippen molar-refractivity contribution < 1.29 is 9.53 Å². The molecule has 0 aromatic heterocycles. The van der Waals surface area contributed by atoms with E-state index in [1.807, 2.05) is 12.1 Å². The zero-order valence-corrected chi connectivity index (χ0v) is 12.2. The van der Waals surface area contributed by atoms with E-state index in [2.05, 4.69) is 19.1 Å². The number of benzene rings is 1. The molecule has 0 spiro atoms. The molecule has 0 N–H and O–H groups in total. The summed E-state index contributed by atoms with van der Waals surface area (Å²) in [7, 11) is 1.70. The number of ether oxygens (including phenoxy) is 1. The van der Waals surface area contributed by atoms with Crippen LogP contribution in [0.15, 0.2) is 29.8 Å². The molecule has 0 amide bonds. The predicted octanol–water partition coefficient (Wildman–Crippen LogP) is 3.58. The molecular weight excluding hydrogens is 248 g/mol. The molecule has 0 saturated heterocycles. The van der Waals surface area contributed by atoms with Crippen LogP contribution in [0.5, 0.6) is 5.75 Å². The first-order valence-electron chi connectivity index (χ1n) is 7.55. The second-order valence-electron chi connectivity index (χ2n) is 6.56. The van der Waals surface area contributed by atoms with Crippen molar-refractivity contribution >= 4 is 5.78 Å². The van der Waals surface area contributed by atoms with E-state index in [1.54, 1.807) is 7.11 Å². The Labute approximate surface area is 119 Å². The topological polar surface area (TPSA) is 26.3 Å². The Hall–Kier alpha value is -1.57. The molecule has 0 radical (unpaired) electrons. The molecule has 0 heterocycles.